The Morgan fingerprint density at radius 1 is 0.571 bits per heavy atom. The average molecular weight is 511 g/mol. The maximum absolute atomic E-state index is 10.6. The van der Waals surface area contributed by atoms with Crippen molar-refractivity contribution in [2.75, 3.05) is 19.8 Å². The Morgan fingerprint density at radius 3 is 1.66 bits per heavy atom. The van der Waals surface area contributed by atoms with Gasteiger partial charge in [0, 0.05) is 6.61 Å². The molecule has 35 heavy (non-hydrogen) atoms. The number of unbranched alkanes of at least 4 members (excludes halogenated alkanes) is 9. The van der Waals surface area contributed by atoms with E-state index >= 15 is 0 Å². The maximum Gasteiger partial charge on any atom is 0.187 e. The van der Waals surface area contributed by atoms with Gasteiger partial charge in [0.2, 0.25) is 0 Å². The lowest BCUT2D eigenvalue weighted by atomic mass is 9.97. The third-order valence-corrected chi connectivity index (χ3v) is 6.74. The zero-order chi connectivity index (χ0) is 25.8. The smallest absolute Gasteiger partial charge is 0.187 e. The zero-order valence-electron chi connectivity index (χ0n) is 20.7. The molecule has 2 aliphatic rings. The standard InChI is InChI=1S/C24H46O11/c1-2-3-4-5-6-7-8-9-10-11-12-32-23-21(31)19(29)22(16(14-26)34-23)35-24-20(30)18(28)17(27)15(13-25)33-24/h15-31H,2-14H2,1H3/t15-,16-,17+,18+,19+,20-,21-,22-,23-,24-/m1/s1. The third-order valence-electron chi connectivity index (χ3n) is 6.74. The van der Waals surface area contributed by atoms with Crippen LogP contribution in [0.25, 0.3) is 0 Å². The topological polar surface area (TPSA) is 179 Å². The molecule has 11 heteroatoms. The van der Waals surface area contributed by atoms with Crippen LogP contribution in [0.3, 0.4) is 0 Å². The Hall–Kier alpha value is -0.440. The van der Waals surface area contributed by atoms with Crippen LogP contribution in [0.2, 0.25) is 0 Å². The fraction of sp³-hybridized carbons (Fsp3) is 1.00. The summed E-state index contributed by atoms with van der Waals surface area (Å²) in [5.41, 5.74) is 0. The van der Waals surface area contributed by atoms with Crippen molar-refractivity contribution >= 4 is 0 Å². The highest BCUT2D eigenvalue weighted by atomic mass is 16.7. The van der Waals surface area contributed by atoms with E-state index in [-0.39, 0.29) is 0 Å². The Kier molecular flexibility index (Phi) is 14.4. The van der Waals surface area contributed by atoms with Crippen LogP contribution in [0.4, 0.5) is 0 Å². The van der Waals surface area contributed by atoms with E-state index in [2.05, 4.69) is 6.92 Å². The van der Waals surface area contributed by atoms with E-state index in [1.165, 1.54) is 44.9 Å². The summed E-state index contributed by atoms with van der Waals surface area (Å²) >= 11 is 0. The molecular weight excluding hydrogens is 464 g/mol. The van der Waals surface area contributed by atoms with Crippen LogP contribution in [0.15, 0.2) is 0 Å². The molecule has 0 aromatic heterocycles. The molecule has 0 aromatic carbocycles. The second-order valence-electron chi connectivity index (χ2n) is 9.56. The first-order chi connectivity index (χ1) is 16.8. The fourth-order valence-electron chi connectivity index (χ4n) is 4.48. The van der Waals surface area contributed by atoms with Crippen LogP contribution in [-0.2, 0) is 18.9 Å². The summed E-state index contributed by atoms with van der Waals surface area (Å²) in [6.07, 6.45) is -2.63. The maximum atomic E-state index is 10.6. The molecule has 0 spiro atoms. The molecule has 2 rings (SSSR count). The normalized spacial score (nSPS) is 38.1. The van der Waals surface area contributed by atoms with E-state index in [0.717, 1.165) is 19.3 Å². The molecule has 0 radical (unpaired) electrons. The van der Waals surface area contributed by atoms with Crippen molar-refractivity contribution in [3.05, 3.63) is 0 Å². The first-order valence-electron chi connectivity index (χ1n) is 13.1. The summed E-state index contributed by atoms with van der Waals surface area (Å²) in [4.78, 5) is 0. The number of ether oxygens (including phenoxy) is 4. The van der Waals surface area contributed by atoms with Crippen molar-refractivity contribution in [3.8, 4) is 0 Å². The number of hydrogen-bond acceptors (Lipinski definition) is 11. The van der Waals surface area contributed by atoms with E-state index in [1.807, 2.05) is 0 Å². The molecule has 0 aromatic rings. The zero-order valence-corrected chi connectivity index (χ0v) is 20.7. The minimum Gasteiger partial charge on any atom is -0.394 e. The highest BCUT2D eigenvalue weighted by Gasteiger charge is 2.50. The fourth-order valence-corrected chi connectivity index (χ4v) is 4.48. The summed E-state index contributed by atoms with van der Waals surface area (Å²) in [6, 6.07) is 0. The largest absolute Gasteiger partial charge is 0.394 e. The summed E-state index contributed by atoms with van der Waals surface area (Å²) in [6.45, 7) is 1.31. The van der Waals surface area contributed by atoms with Gasteiger partial charge < -0.3 is 54.7 Å². The van der Waals surface area contributed by atoms with Gasteiger partial charge in [-0.15, -0.1) is 0 Å². The molecule has 0 amide bonds. The highest BCUT2D eigenvalue weighted by Crippen LogP contribution is 2.29. The lowest BCUT2D eigenvalue weighted by Gasteiger charge is -2.45. The first kappa shape index (κ1) is 30.8. The SMILES string of the molecule is CCCCCCCCCCCCO[C@@H]1O[C@H](CO)[C@@H](O[C@H]2O[C@H](CO)[C@H](O)[C@H](O)[C@H]2O)[C@@H](O)[C@H]1O. The van der Waals surface area contributed by atoms with E-state index in [9.17, 15) is 35.7 Å². The predicted molar refractivity (Wildman–Crippen MR) is 124 cm³/mol. The minimum absolute atomic E-state index is 0.321. The molecule has 2 aliphatic heterocycles. The molecule has 7 N–H and O–H groups in total. The molecule has 0 saturated carbocycles. The van der Waals surface area contributed by atoms with Crippen molar-refractivity contribution in [2.45, 2.75) is 133 Å². The van der Waals surface area contributed by atoms with Gasteiger partial charge in [-0.1, -0.05) is 64.7 Å². The van der Waals surface area contributed by atoms with Crippen molar-refractivity contribution < 1.29 is 54.7 Å². The minimum atomic E-state index is -1.69. The Bertz CT molecular complexity index is 550. The van der Waals surface area contributed by atoms with Crippen molar-refractivity contribution in [3.63, 3.8) is 0 Å². The lowest BCUT2D eigenvalue weighted by Crippen LogP contribution is -2.64. The van der Waals surface area contributed by atoms with Gasteiger partial charge in [0.1, 0.15) is 48.8 Å². The molecule has 0 bridgehead atoms. The van der Waals surface area contributed by atoms with Gasteiger partial charge in [0.25, 0.3) is 0 Å². The quantitative estimate of drug-likeness (QED) is 0.134. The van der Waals surface area contributed by atoms with Gasteiger partial charge in [0.05, 0.1) is 13.2 Å². The van der Waals surface area contributed by atoms with Crippen LogP contribution in [0, 0.1) is 0 Å². The number of aliphatic hydroxyl groups is 7. The van der Waals surface area contributed by atoms with Gasteiger partial charge >= 0.3 is 0 Å². The van der Waals surface area contributed by atoms with Crippen molar-refractivity contribution in [1.82, 2.24) is 0 Å². The molecular formula is C24H46O11. The molecule has 2 heterocycles. The van der Waals surface area contributed by atoms with Gasteiger partial charge in [-0.3, -0.25) is 0 Å². The Morgan fingerprint density at radius 2 is 1.09 bits per heavy atom. The Balaban J connectivity index is 1.74. The van der Waals surface area contributed by atoms with Crippen LogP contribution < -0.4 is 0 Å². The molecule has 2 fully saturated rings. The van der Waals surface area contributed by atoms with Gasteiger partial charge in [-0.25, -0.2) is 0 Å². The van der Waals surface area contributed by atoms with Crippen LogP contribution >= 0.6 is 0 Å². The van der Waals surface area contributed by atoms with Crippen LogP contribution in [0.5, 0.6) is 0 Å². The molecule has 0 aliphatic carbocycles. The van der Waals surface area contributed by atoms with Crippen LogP contribution in [0.1, 0.15) is 71.1 Å². The van der Waals surface area contributed by atoms with E-state index in [4.69, 9.17) is 18.9 Å². The second-order valence-corrected chi connectivity index (χ2v) is 9.56. The number of aliphatic hydroxyl groups excluding tert-OH is 7. The summed E-state index contributed by atoms with van der Waals surface area (Å²) in [5.74, 6) is 0. The van der Waals surface area contributed by atoms with Crippen molar-refractivity contribution in [1.29, 1.82) is 0 Å². The summed E-state index contributed by atoms with van der Waals surface area (Å²) < 4.78 is 22.0. The third kappa shape index (κ3) is 9.11. The van der Waals surface area contributed by atoms with Gasteiger partial charge in [-0.2, -0.15) is 0 Å². The van der Waals surface area contributed by atoms with Crippen molar-refractivity contribution in [2.24, 2.45) is 0 Å². The Labute approximate surface area is 207 Å². The molecule has 11 nitrogen and oxygen atoms in total. The van der Waals surface area contributed by atoms with E-state index in [1.54, 1.807) is 0 Å². The summed E-state index contributed by atoms with van der Waals surface area (Å²) in [5, 5.41) is 70.1. The predicted octanol–water partition coefficient (Wildman–Crippen LogP) is -0.452. The van der Waals surface area contributed by atoms with E-state index in [0.29, 0.717) is 6.61 Å². The lowest BCUT2D eigenvalue weighted by molar-refractivity contribution is -0.359. The van der Waals surface area contributed by atoms with Gasteiger partial charge in [0.15, 0.2) is 12.6 Å². The summed E-state index contributed by atoms with van der Waals surface area (Å²) in [7, 11) is 0. The van der Waals surface area contributed by atoms with Crippen LogP contribution in [-0.4, -0.2) is 117 Å². The second kappa shape index (κ2) is 16.4. The van der Waals surface area contributed by atoms with E-state index < -0.39 is 74.6 Å². The highest BCUT2D eigenvalue weighted by molar-refractivity contribution is 4.94. The molecule has 208 valence electrons. The molecule has 10 atom stereocenters. The molecule has 0 unspecified atom stereocenters. The monoisotopic (exact) mass is 510 g/mol. The number of rotatable bonds is 16. The molecule has 2 saturated heterocycles. The van der Waals surface area contributed by atoms with Gasteiger partial charge in [-0.05, 0) is 6.42 Å². The first-order valence-corrected chi connectivity index (χ1v) is 13.1. The number of hydrogen-bond donors (Lipinski definition) is 7. The average Bonchev–Trinajstić information content (AvgIpc) is 2.86.